The smallest absolute Gasteiger partial charge is 0.231 e. The monoisotopic (exact) mass is 397 g/mol. The van der Waals surface area contributed by atoms with Gasteiger partial charge in [-0.1, -0.05) is 31.0 Å². The first kappa shape index (κ1) is 19.2. The van der Waals surface area contributed by atoms with Gasteiger partial charge in [0.05, 0.1) is 23.3 Å². The van der Waals surface area contributed by atoms with E-state index in [2.05, 4.69) is 21.6 Å². The second-order valence-corrected chi connectivity index (χ2v) is 10.3. The lowest BCUT2D eigenvalue weighted by Crippen LogP contribution is -2.49. The molecule has 1 unspecified atom stereocenters. The topological polar surface area (TPSA) is 118 Å². The second-order valence-electron chi connectivity index (χ2n) is 7.09. The molecule has 0 radical (unpaired) electrons. The zero-order chi connectivity index (χ0) is 18.8. The van der Waals surface area contributed by atoms with Crippen LogP contribution in [0.3, 0.4) is 0 Å². The minimum atomic E-state index is -2.99. The molecular formula is C16H23N5O3S2. The molecule has 10 heteroatoms. The number of carbonyl (C=O) groups excluding carboxylic acids is 1. The van der Waals surface area contributed by atoms with Crippen LogP contribution in [0.1, 0.15) is 50.3 Å². The summed E-state index contributed by atoms with van der Waals surface area (Å²) < 4.78 is 25.1. The van der Waals surface area contributed by atoms with Crippen molar-refractivity contribution in [2.75, 3.05) is 17.3 Å². The van der Waals surface area contributed by atoms with Gasteiger partial charge in [-0.3, -0.25) is 4.79 Å². The van der Waals surface area contributed by atoms with Crippen molar-refractivity contribution in [3.63, 3.8) is 0 Å². The van der Waals surface area contributed by atoms with Gasteiger partial charge in [0.25, 0.3) is 0 Å². The lowest BCUT2D eigenvalue weighted by Gasteiger charge is -2.31. The van der Waals surface area contributed by atoms with Crippen LogP contribution in [0.2, 0.25) is 0 Å². The van der Waals surface area contributed by atoms with Crippen LogP contribution < -0.4 is 5.32 Å². The van der Waals surface area contributed by atoms with Crippen LogP contribution in [0.15, 0.2) is 5.16 Å². The Hall–Kier alpha value is -1.60. The number of carbonyl (C=O) groups is 1. The highest BCUT2D eigenvalue weighted by Crippen LogP contribution is 2.30. The molecule has 0 spiro atoms. The molecule has 0 aromatic carbocycles. The van der Waals surface area contributed by atoms with Crippen LogP contribution in [-0.2, 0) is 21.7 Å². The normalized spacial score (nSPS) is 24.1. The zero-order valence-electron chi connectivity index (χ0n) is 14.8. The van der Waals surface area contributed by atoms with E-state index in [0.717, 1.165) is 19.3 Å². The number of hydrogen-bond acceptors (Lipinski definition) is 7. The first-order chi connectivity index (χ1) is 12.3. The lowest BCUT2D eigenvalue weighted by atomic mass is 9.83. The summed E-state index contributed by atoms with van der Waals surface area (Å²) in [5.41, 5.74) is -0.737. The quantitative estimate of drug-likeness (QED) is 0.741. The Morgan fingerprint density at radius 2 is 2.12 bits per heavy atom. The van der Waals surface area contributed by atoms with E-state index in [1.807, 2.05) is 0 Å². The highest BCUT2D eigenvalue weighted by molar-refractivity contribution is 7.99. The largest absolute Gasteiger partial charge is 0.337 e. The van der Waals surface area contributed by atoms with Crippen LogP contribution in [-0.4, -0.2) is 51.9 Å². The molecule has 2 heterocycles. The van der Waals surface area contributed by atoms with E-state index in [-0.39, 0.29) is 29.1 Å². The molecule has 3 rings (SSSR count). The summed E-state index contributed by atoms with van der Waals surface area (Å²) in [6.07, 6.45) is 4.97. The van der Waals surface area contributed by atoms with Crippen LogP contribution in [0.4, 0.5) is 0 Å². The number of aromatic nitrogens is 3. The van der Waals surface area contributed by atoms with Crippen LogP contribution in [0, 0.1) is 11.3 Å². The summed E-state index contributed by atoms with van der Waals surface area (Å²) in [7, 11) is -1.20. The number of hydrogen-bond donors (Lipinski definition) is 1. The molecule has 1 aromatic heterocycles. The van der Waals surface area contributed by atoms with E-state index >= 15 is 0 Å². The molecule has 142 valence electrons. The van der Waals surface area contributed by atoms with Gasteiger partial charge >= 0.3 is 0 Å². The van der Waals surface area contributed by atoms with Gasteiger partial charge < -0.3 is 9.88 Å². The Kier molecular flexibility index (Phi) is 5.58. The summed E-state index contributed by atoms with van der Waals surface area (Å²) in [5.74, 6) is 0.768. The van der Waals surface area contributed by atoms with Gasteiger partial charge in [-0.15, -0.1) is 10.2 Å². The van der Waals surface area contributed by atoms with E-state index in [9.17, 15) is 18.5 Å². The lowest BCUT2D eigenvalue weighted by molar-refractivity contribution is -0.120. The van der Waals surface area contributed by atoms with Gasteiger partial charge in [0.15, 0.2) is 15.0 Å². The van der Waals surface area contributed by atoms with Crippen molar-refractivity contribution in [3.8, 4) is 6.07 Å². The van der Waals surface area contributed by atoms with Crippen LogP contribution in [0.25, 0.3) is 0 Å². The van der Waals surface area contributed by atoms with Crippen molar-refractivity contribution in [2.24, 2.45) is 7.05 Å². The number of rotatable bonds is 5. The molecule has 0 bridgehead atoms. The third-order valence-corrected chi connectivity index (χ3v) is 7.89. The number of amides is 1. The van der Waals surface area contributed by atoms with E-state index in [1.165, 1.54) is 11.8 Å². The summed E-state index contributed by atoms with van der Waals surface area (Å²) in [6.45, 7) is 0. The second kappa shape index (κ2) is 7.56. The molecule has 1 aliphatic carbocycles. The number of nitrogens with one attached hydrogen (secondary N) is 1. The van der Waals surface area contributed by atoms with Crippen molar-refractivity contribution in [1.29, 1.82) is 5.26 Å². The zero-order valence-corrected chi connectivity index (χ0v) is 16.4. The van der Waals surface area contributed by atoms with Gasteiger partial charge in [-0.2, -0.15) is 5.26 Å². The minimum absolute atomic E-state index is 0.106. The number of thioether (sulfide) groups is 1. The van der Waals surface area contributed by atoms with E-state index in [0.29, 0.717) is 30.2 Å². The summed E-state index contributed by atoms with van der Waals surface area (Å²) in [6, 6.07) is 2.28. The number of nitriles is 1. The molecule has 1 aromatic rings. The number of nitrogens with zero attached hydrogens (tertiary/aromatic N) is 4. The molecule has 1 N–H and O–H groups in total. The predicted molar refractivity (Wildman–Crippen MR) is 97.3 cm³/mol. The van der Waals surface area contributed by atoms with E-state index in [1.54, 1.807) is 11.6 Å². The Morgan fingerprint density at radius 1 is 1.38 bits per heavy atom. The van der Waals surface area contributed by atoms with Crippen molar-refractivity contribution in [2.45, 2.75) is 55.1 Å². The minimum Gasteiger partial charge on any atom is -0.337 e. The maximum Gasteiger partial charge on any atom is 0.231 e. The average molecular weight is 398 g/mol. The Labute approximate surface area is 157 Å². The average Bonchev–Trinajstić information content (AvgIpc) is 3.15. The molecule has 2 aliphatic rings. The molecule has 2 fully saturated rings. The van der Waals surface area contributed by atoms with E-state index < -0.39 is 15.4 Å². The molecule has 1 aliphatic heterocycles. The summed E-state index contributed by atoms with van der Waals surface area (Å²) in [4.78, 5) is 12.3. The summed E-state index contributed by atoms with van der Waals surface area (Å²) in [5, 5.41) is 21.1. The molecule has 1 atom stereocenters. The SMILES string of the molecule is Cn1c(SCC(=O)NC2(C#N)CCCCC2)nnc1C1CCS(=O)(=O)C1. The Balaban J connectivity index is 1.58. The molecule has 1 saturated carbocycles. The maximum absolute atomic E-state index is 12.3. The predicted octanol–water partition coefficient (Wildman–Crippen LogP) is 1.15. The summed E-state index contributed by atoms with van der Waals surface area (Å²) >= 11 is 1.25. The van der Waals surface area contributed by atoms with Gasteiger partial charge in [-0.25, -0.2) is 8.42 Å². The van der Waals surface area contributed by atoms with Crippen molar-refractivity contribution in [3.05, 3.63) is 5.82 Å². The Bertz CT molecular complexity index is 821. The van der Waals surface area contributed by atoms with Gasteiger partial charge in [0, 0.05) is 13.0 Å². The fourth-order valence-corrected chi connectivity index (χ4v) is 6.12. The fourth-order valence-electron chi connectivity index (χ4n) is 3.66. The third-order valence-electron chi connectivity index (χ3n) is 5.10. The van der Waals surface area contributed by atoms with E-state index in [4.69, 9.17) is 0 Å². The van der Waals surface area contributed by atoms with Crippen molar-refractivity contribution in [1.82, 2.24) is 20.1 Å². The standard InChI is InChI=1S/C16H23N5O3S2/c1-21-14(12-5-8-26(23,24)10-12)19-20-15(21)25-9-13(22)18-16(11-17)6-3-2-4-7-16/h12H,2-10H2,1H3,(H,18,22). The molecule has 8 nitrogen and oxygen atoms in total. The molecule has 1 amide bonds. The molecular weight excluding hydrogens is 374 g/mol. The van der Waals surface area contributed by atoms with Gasteiger partial charge in [-0.05, 0) is 19.3 Å². The van der Waals surface area contributed by atoms with Crippen LogP contribution >= 0.6 is 11.8 Å². The van der Waals surface area contributed by atoms with Crippen LogP contribution in [0.5, 0.6) is 0 Å². The first-order valence-corrected chi connectivity index (χ1v) is 11.6. The number of sulfone groups is 1. The van der Waals surface area contributed by atoms with Gasteiger partial charge in [0.1, 0.15) is 11.4 Å². The van der Waals surface area contributed by atoms with Crippen molar-refractivity contribution < 1.29 is 13.2 Å². The molecule has 26 heavy (non-hydrogen) atoms. The highest BCUT2D eigenvalue weighted by atomic mass is 32.2. The van der Waals surface area contributed by atoms with Gasteiger partial charge in [0.2, 0.25) is 5.91 Å². The Morgan fingerprint density at radius 3 is 2.73 bits per heavy atom. The highest BCUT2D eigenvalue weighted by Gasteiger charge is 2.34. The molecule has 1 saturated heterocycles. The fraction of sp³-hybridized carbons (Fsp3) is 0.750. The van der Waals surface area contributed by atoms with Crippen molar-refractivity contribution >= 4 is 27.5 Å². The maximum atomic E-state index is 12.3. The third kappa shape index (κ3) is 4.20. The first-order valence-electron chi connectivity index (χ1n) is 8.79.